The van der Waals surface area contributed by atoms with Crippen molar-refractivity contribution in [3.05, 3.63) is 71.5 Å². The Morgan fingerprint density at radius 1 is 1.18 bits per heavy atom. The number of amides is 1. The van der Waals surface area contributed by atoms with Crippen molar-refractivity contribution in [2.24, 2.45) is 0 Å². The van der Waals surface area contributed by atoms with Crippen LogP contribution in [0.2, 0.25) is 5.02 Å². The number of sulfone groups is 1. The predicted molar refractivity (Wildman–Crippen MR) is 108 cm³/mol. The zero-order valence-electron chi connectivity index (χ0n) is 15.0. The van der Waals surface area contributed by atoms with Gasteiger partial charge < -0.3 is 10.1 Å². The average molecular weight is 420 g/mol. The summed E-state index contributed by atoms with van der Waals surface area (Å²) in [6, 6.07) is 15.4. The van der Waals surface area contributed by atoms with E-state index < -0.39 is 9.84 Å². The SMILES string of the molecule is CS(=O)(=O)CCOc1cccc(NC(=O)c2ccn(-c3cccc(Cl)c3)n2)c1. The molecule has 3 aromatic rings. The van der Waals surface area contributed by atoms with Crippen LogP contribution in [0.5, 0.6) is 5.75 Å². The fourth-order valence-electron chi connectivity index (χ4n) is 2.38. The summed E-state index contributed by atoms with van der Waals surface area (Å²) in [5.74, 6) is 0.00446. The molecule has 1 heterocycles. The summed E-state index contributed by atoms with van der Waals surface area (Å²) < 4.78 is 29.3. The van der Waals surface area contributed by atoms with Crippen LogP contribution < -0.4 is 10.1 Å². The van der Waals surface area contributed by atoms with E-state index in [1.165, 1.54) is 0 Å². The lowest BCUT2D eigenvalue weighted by Crippen LogP contribution is -2.14. The zero-order valence-corrected chi connectivity index (χ0v) is 16.6. The van der Waals surface area contributed by atoms with E-state index in [1.54, 1.807) is 59.4 Å². The first-order chi connectivity index (χ1) is 13.3. The molecule has 0 bridgehead atoms. The van der Waals surface area contributed by atoms with Gasteiger partial charge in [0.2, 0.25) is 0 Å². The summed E-state index contributed by atoms with van der Waals surface area (Å²) in [4.78, 5) is 12.4. The lowest BCUT2D eigenvalue weighted by Gasteiger charge is -2.08. The third-order valence-corrected chi connectivity index (χ3v) is 4.85. The van der Waals surface area contributed by atoms with E-state index in [0.717, 1.165) is 11.9 Å². The number of hydrogen-bond donors (Lipinski definition) is 1. The maximum absolute atomic E-state index is 12.4. The van der Waals surface area contributed by atoms with Crippen LogP contribution in [0.3, 0.4) is 0 Å². The van der Waals surface area contributed by atoms with E-state index in [4.69, 9.17) is 16.3 Å². The van der Waals surface area contributed by atoms with E-state index in [-0.39, 0.29) is 24.0 Å². The molecule has 0 radical (unpaired) electrons. The summed E-state index contributed by atoms with van der Waals surface area (Å²) in [7, 11) is -3.10. The Morgan fingerprint density at radius 2 is 1.96 bits per heavy atom. The van der Waals surface area contributed by atoms with E-state index >= 15 is 0 Å². The van der Waals surface area contributed by atoms with Gasteiger partial charge in [0.05, 0.1) is 11.4 Å². The van der Waals surface area contributed by atoms with Gasteiger partial charge in [-0.15, -0.1) is 0 Å². The number of hydrogen-bond acceptors (Lipinski definition) is 5. The second-order valence-electron chi connectivity index (χ2n) is 6.09. The number of rotatable bonds is 7. The molecule has 1 aromatic heterocycles. The minimum atomic E-state index is -3.10. The maximum Gasteiger partial charge on any atom is 0.276 e. The molecule has 0 unspecified atom stereocenters. The third-order valence-electron chi connectivity index (χ3n) is 3.71. The molecule has 0 aliphatic carbocycles. The number of ether oxygens (including phenoxy) is 1. The highest BCUT2D eigenvalue weighted by atomic mass is 35.5. The van der Waals surface area contributed by atoms with E-state index in [0.29, 0.717) is 16.5 Å². The van der Waals surface area contributed by atoms with Crippen LogP contribution in [0.15, 0.2) is 60.8 Å². The van der Waals surface area contributed by atoms with Crippen LogP contribution in [-0.4, -0.2) is 42.7 Å². The van der Waals surface area contributed by atoms with Crippen molar-refractivity contribution in [3.63, 3.8) is 0 Å². The van der Waals surface area contributed by atoms with Crippen molar-refractivity contribution >= 4 is 33.0 Å². The summed E-state index contributed by atoms with van der Waals surface area (Å²) in [6.07, 6.45) is 2.82. The van der Waals surface area contributed by atoms with Gasteiger partial charge in [-0.3, -0.25) is 4.79 Å². The molecule has 0 atom stereocenters. The molecule has 0 fully saturated rings. The Morgan fingerprint density at radius 3 is 2.71 bits per heavy atom. The number of aromatic nitrogens is 2. The lowest BCUT2D eigenvalue weighted by atomic mass is 10.3. The number of benzene rings is 2. The van der Waals surface area contributed by atoms with Crippen molar-refractivity contribution in [2.45, 2.75) is 0 Å². The van der Waals surface area contributed by atoms with Gasteiger partial charge >= 0.3 is 0 Å². The molecule has 0 aliphatic heterocycles. The molecule has 2 aromatic carbocycles. The molecule has 3 rings (SSSR count). The first kappa shape index (κ1) is 19.9. The molecule has 1 amide bonds. The highest BCUT2D eigenvalue weighted by Gasteiger charge is 2.11. The summed E-state index contributed by atoms with van der Waals surface area (Å²) in [6.45, 7) is 0.0419. The minimum Gasteiger partial charge on any atom is -0.492 e. The van der Waals surface area contributed by atoms with Gasteiger partial charge in [0.15, 0.2) is 15.5 Å². The quantitative estimate of drug-likeness (QED) is 0.635. The highest BCUT2D eigenvalue weighted by Crippen LogP contribution is 2.19. The van der Waals surface area contributed by atoms with Crippen LogP contribution in [0, 0.1) is 0 Å². The third kappa shape index (κ3) is 5.58. The number of nitrogens with one attached hydrogen (secondary N) is 1. The molecule has 0 saturated heterocycles. The van der Waals surface area contributed by atoms with Gasteiger partial charge in [0.1, 0.15) is 12.4 Å². The Kier molecular flexibility index (Phi) is 6.01. The van der Waals surface area contributed by atoms with Crippen molar-refractivity contribution in [3.8, 4) is 11.4 Å². The molecule has 0 aliphatic rings. The van der Waals surface area contributed by atoms with Crippen LogP contribution in [0.4, 0.5) is 5.69 Å². The second-order valence-corrected chi connectivity index (χ2v) is 8.78. The fourth-order valence-corrected chi connectivity index (χ4v) is 2.95. The monoisotopic (exact) mass is 419 g/mol. The largest absolute Gasteiger partial charge is 0.492 e. The van der Waals surface area contributed by atoms with Gasteiger partial charge in [-0.2, -0.15) is 5.10 Å². The molecule has 9 heteroatoms. The predicted octanol–water partition coefficient (Wildman–Crippen LogP) is 3.20. The highest BCUT2D eigenvalue weighted by molar-refractivity contribution is 7.90. The van der Waals surface area contributed by atoms with Crippen LogP contribution in [-0.2, 0) is 9.84 Å². The molecule has 0 saturated carbocycles. The number of anilines is 1. The summed E-state index contributed by atoms with van der Waals surface area (Å²) in [5, 5.41) is 7.58. The van der Waals surface area contributed by atoms with E-state index in [2.05, 4.69) is 10.4 Å². The fraction of sp³-hybridized carbons (Fsp3) is 0.158. The Balaban J connectivity index is 1.66. The topological polar surface area (TPSA) is 90.3 Å². The standard InChI is InChI=1S/C19H18ClN3O4S/c1-28(25,26)11-10-27-17-7-3-5-15(13-17)21-19(24)18-8-9-23(22-18)16-6-2-4-14(20)12-16/h2-9,12-13H,10-11H2,1H3,(H,21,24). The Bertz CT molecular complexity index is 1100. The van der Waals surface area contributed by atoms with Gasteiger partial charge in [-0.1, -0.05) is 23.7 Å². The van der Waals surface area contributed by atoms with E-state index in [1.807, 2.05) is 6.07 Å². The molecular weight excluding hydrogens is 402 g/mol. The summed E-state index contributed by atoms with van der Waals surface area (Å²) in [5.41, 5.74) is 1.50. The van der Waals surface area contributed by atoms with Crippen molar-refractivity contribution in [2.75, 3.05) is 23.9 Å². The Hall–Kier alpha value is -2.84. The molecular formula is C19H18ClN3O4S. The number of carbonyl (C=O) groups is 1. The van der Waals surface area contributed by atoms with Crippen LogP contribution >= 0.6 is 11.6 Å². The van der Waals surface area contributed by atoms with Gasteiger partial charge in [-0.25, -0.2) is 13.1 Å². The van der Waals surface area contributed by atoms with E-state index in [9.17, 15) is 13.2 Å². The molecule has 146 valence electrons. The van der Waals surface area contributed by atoms with Crippen molar-refractivity contribution in [1.82, 2.24) is 9.78 Å². The zero-order chi connectivity index (χ0) is 20.1. The van der Waals surface area contributed by atoms with Gasteiger partial charge in [-0.05, 0) is 36.4 Å². The summed E-state index contributed by atoms with van der Waals surface area (Å²) >= 11 is 5.98. The second kappa shape index (κ2) is 8.45. The minimum absolute atomic E-state index is 0.0419. The van der Waals surface area contributed by atoms with Crippen molar-refractivity contribution in [1.29, 1.82) is 0 Å². The molecule has 1 N–H and O–H groups in total. The molecule has 28 heavy (non-hydrogen) atoms. The first-order valence-corrected chi connectivity index (χ1v) is 10.8. The smallest absolute Gasteiger partial charge is 0.276 e. The van der Waals surface area contributed by atoms with Gasteiger partial charge in [0.25, 0.3) is 5.91 Å². The molecule has 0 spiro atoms. The maximum atomic E-state index is 12.4. The molecule has 7 nitrogen and oxygen atoms in total. The number of halogens is 1. The Labute approximate surface area is 167 Å². The first-order valence-electron chi connectivity index (χ1n) is 8.34. The van der Waals surface area contributed by atoms with Crippen LogP contribution in [0.25, 0.3) is 5.69 Å². The van der Waals surface area contributed by atoms with Gasteiger partial charge in [0, 0.05) is 29.2 Å². The number of nitrogens with zero attached hydrogens (tertiary/aromatic N) is 2. The average Bonchev–Trinajstić information content (AvgIpc) is 3.11. The van der Waals surface area contributed by atoms with Crippen molar-refractivity contribution < 1.29 is 17.9 Å². The lowest BCUT2D eigenvalue weighted by molar-refractivity contribution is 0.102. The number of carbonyl (C=O) groups excluding carboxylic acids is 1. The normalized spacial score (nSPS) is 11.2. The van der Waals surface area contributed by atoms with Crippen LogP contribution in [0.1, 0.15) is 10.5 Å².